The second kappa shape index (κ2) is 7.13. The Balaban J connectivity index is 1.55. The van der Waals surface area contributed by atoms with Crippen molar-refractivity contribution in [1.29, 1.82) is 0 Å². The molecule has 4 heteroatoms. The van der Waals surface area contributed by atoms with Crippen LogP contribution in [-0.4, -0.2) is 30.1 Å². The van der Waals surface area contributed by atoms with E-state index < -0.39 is 0 Å². The number of aryl methyl sites for hydroxylation is 2. The van der Waals surface area contributed by atoms with Gasteiger partial charge in [-0.2, -0.15) is 0 Å². The van der Waals surface area contributed by atoms with Crippen LogP contribution in [0.5, 0.6) is 5.75 Å². The van der Waals surface area contributed by atoms with Crippen LogP contribution in [-0.2, 0) is 4.79 Å². The summed E-state index contributed by atoms with van der Waals surface area (Å²) in [7, 11) is 0. The molecule has 0 atom stereocenters. The van der Waals surface area contributed by atoms with Gasteiger partial charge >= 0.3 is 0 Å². The summed E-state index contributed by atoms with van der Waals surface area (Å²) in [5.41, 5.74) is 4.09. The Hall–Kier alpha value is -2.88. The molecule has 0 aliphatic carbocycles. The molecular formula is C20H20N2O2. The highest BCUT2D eigenvalue weighted by Crippen LogP contribution is 2.22. The highest BCUT2D eigenvalue weighted by atomic mass is 16.5. The van der Waals surface area contributed by atoms with Crippen LogP contribution in [0.2, 0.25) is 0 Å². The molecular weight excluding hydrogens is 300 g/mol. The van der Waals surface area contributed by atoms with Gasteiger partial charge in [0.1, 0.15) is 18.9 Å². The number of ketones is 1. The van der Waals surface area contributed by atoms with E-state index in [1.165, 1.54) is 0 Å². The third kappa shape index (κ3) is 3.71. The monoisotopic (exact) mass is 320 g/mol. The van der Waals surface area contributed by atoms with Crippen LogP contribution in [0.4, 0.5) is 0 Å². The van der Waals surface area contributed by atoms with E-state index in [1.807, 2.05) is 62.5 Å². The number of benzene rings is 2. The number of Topliss-reactive ketones (excluding diaryl/α,β-unsaturated/α-hetero) is 1. The number of nitrogens with zero attached hydrogens (tertiary/aromatic N) is 1. The van der Waals surface area contributed by atoms with Crippen LogP contribution in [0.15, 0.2) is 53.7 Å². The van der Waals surface area contributed by atoms with Gasteiger partial charge in [-0.15, -0.1) is 0 Å². The topological polar surface area (TPSA) is 54.4 Å². The average molecular weight is 320 g/mol. The van der Waals surface area contributed by atoms with Crippen molar-refractivity contribution in [2.75, 3.05) is 13.2 Å². The first-order valence-electron chi connectivity index (χ1n) is 7.91. The van der Waals surface area contributed by atoms with Gasteiger partial charge in [-0.1, -0.05) is 30.3 Å². The number of aromatic nitrogens is 1. The smallest absolute Gasteiger partial charge is 0.191 e. The molecule has 0 bridgehead atoms. The van der Waals surface area contributed by atoms with Crippen LogP contribution in [0.1, 0.15) is 16.7 Å². The Labute approximate surface area is 141 Å². The Morgan fingerprint density at radius 3 is 2.75 bits per heavy atom. The molecule has 1 N–H and O–H groups in total. The first-order chi connectivity index (χ1) is 11.6. The lowest BCUT2D eigenvalue weighted by atomic mass is 10.1. The zero-order chi connectivity index (χ0) is 16.9. The Kier molecular flexibility index (Phi) is 4.75. The SMILES string of the molecule is Cc1cccc(C)c1OCC(=O)CN=Cc1ccc2cc[nH]c2c1. The molecule has 1 aromatic heterocycles. The number of H-pyrrole nitrogens is 1. The molecule has 0 unspecified atom stereocenters. The fraction of sp³-hybridized carbons (Fsp3) is 0.200. The van der Waals surface area contributed by atoms with E-state index >= 15 is 0 Å². The molecule has 0 spiro atoms. The summed E-state index contributed by atoms with van der Waals surface area (Å²) >= 11 is 0. The maximum Gasteiger partial charge on any atom is 0.191 e. The van der Waals surface area contributed by atoms with Crippen LogP contribution < -0.4 is 4.74 Å². The maximum absolute atomic E-state index is 12.0. The molecule has 122 valence electrons. The van der Waals surface area contributed by atoms with Gasteiger partial charge in [-0.3, -0.25) is 9.79 Å². The predicted molar refractivity (Wildman–Crippen MR) is 97.2 cm³/mol. The van der Waals surface area contributed by atoms with Gasteiger partial charge in [0.2, 0.25) is 0 Å². The summed E-state index contributed by atoms with van der Waals surface area (Å²) in [6, 6.07) is 14.0. The predicted octanol–water partition coefficient (Wildman–Crippen LogP) is 3.85. The summed E-state index contributed by atoms with van der Waals surface area (Å²) in [4.78, 5) is 19.3. The molecule has 3 rings (SSSR count). The third-order valence-corrected chi connectivity index (χ3v) is 3.87. The van der Waals surface area contributed by atoms with Crippen molar-refractivity contribution in [2.24, 2.45) is 4.99 Å². The number of hydrogen-bond donors (Lipinski definition) is 1. The molecule has 0 saturated carbocycles. The van der Waals surface area contributed by atoms with Crippen molar-refractivity contribution in [3.63, 3.8) is 0 Å². The van der Waals surface area contributed by atoms with Crippen LogP contribution in [0.25, 0.3) is 10.9 Å². The van der Waals surface area contributed by atoms with Crippen LogP contribution in [0.3, 0.4) is 0 Å². The van der Waals surface area contributed by atoms with Crippen molar-refractivity contribution in [3.8, 4) is 5.75 Å². The first-order valence-corrected chi connectivity index (χ1v) is 7.91. The molecule has 1 heterocycles. The Bertz CT molecular complexity index is 873. The number of carbonyl (C=O) groups excluding carboxylic acids is 1. The second-order valence-corrected chi connectivity index (χ2v) is 5.84. The van der Waals surface area contributed by atoms with E-state index in [0.717, 1.165) is 33.3 Å². The molecule has 0 aliphatic heterocycles. The number of rotatable bonds is 6. The summed E-state index contributed by atoms with van der Waals surface area (Å²) in [6.45, 7) is 4.11. The molecule has 0 aliphatic rings. The zero-order valence-corrected chi connectivity index (χ0v) is 13.9. The number of nitrogens with one attached hydrogen (secondary N) is 1. The number of fused-ring (bicyclic) bond motifs is 1. The third-order valence-electron chi connectivity index (χ3n) is 3.87. The highest BCUT2D eigenvalue weighted by Gasteiger charge is 2.06. The van der Waals surface area contributed by atoms with Gasteiger partial charge in [0.25, 0.3) is 0 Å². The lowest BCUT2D eigenvalue weighted by Crippen LogP contribution is -2.15. The minimum atomic E-state index is -0.0464. The minimum Gasteiger partial charge on any atom is -0.485 e. The van der Waals surface area contributed by atoms with Gasteiger partial charge in [0.05, 0.1) is 0 Å². The minimum absolute atomic E-state index is 0.0404. The molecule has 0 amide bonds. The summed E-state index contributed by atoms with van der Waals surface area (Å²) < 4.78 is 5.65. The van der Waals surface area contributed by atoms with Gasteiger partial charge in [-0.05, 0) is 48.1 Å². The van der Waals surface area contributed by atoms with Gasteiger partial charge in [0, 0.05) is 17.9 Å². The van der Waals surface area contributed by atoms with E-state index in [-0.39, 0.29) is 18.9 Å². The second-order valence-electron chi connectivity index (χ2n) is 5.84. The molecule has 4 nitrogen and oxygen atoms in total. The quantitative estimate of drug-likeness (QED) is 0.701. The number of aliphatic imine (C=N–C) groups is 1. The van der Waals surface area contributed by atoms with Gasteiger partial charge in [-0.25, -0.2) is 0 Å². The van der Waals surface area contributed by atoms with Crippen LogP contribution in [0, 0.1) is 13.8 Å². The lowest BCUT2D eigenvalue weighted by Gasteiger charge is -2.10. The molecule has 24 heavy (non-hydrogen) atoms. The van der Waals surface area contributed by atoms with Gasteiger partial charge in [0.15, 0.2) is 5.78 Å². The molecule has 0 saturated heterocycles. The van der Waals surface area contributed by atoms with E-state index in [9.17, 15) is 4.79 Å². The van der Waals surface area contributed by atoms with E-state index in [4.69, 9.17) is 4.74 Å². The number of aromatic amines is 1. The molecule has 2 aromatic carbocycles. The van der Waals surface area contributed by atoms with Crippen molar-refractivity contribution >= 4 is 22.9 Å². The summed E-state index contributed by atoms with van der Waals surface area (Å²) in [5.74, 6) is 0.738. The molecule has 3 aromatic rings. The molecule has 0 fully saturated rings. The van der Waals surface area contributed by atoms with Crippen molar-refractivity contribution in [3.05, 3.63) is 65.4 Å². The van der Waals surface area contributed by atoms with Crippen molar-refractivity contribution in [2.45, 2.75) is 13.8 Å². The zero-order valence-electron chi connectivity index (χ0n) is 13.9. The highest BCUT2D eigenvalue weighted by molar-refractivity contribution is 5.90. The number of hydrogen-bond acceptors (Lipinski definition) is 3. The van der Waals surface area contributed by atoms with Crippen molar-refractivity contribution < 1.29 is 9.53 Å². The van der Waals surface area contributed by atoms with Gasteiger partial charge < -0.3 is 9.72 Å². The maximum atomic E-state index is 12.0. The van der Waals surface area contributed by atoms with E-state index in [2.05, 4.69) is 9.98 Å². The summed E-state index contributed by atoms with van der Waals surface area (Å²) in [6.07, 6.45) is 3.62. The number of ether oxygens (including phenoxy) is 1. The first kappa shape index (κ1) is 16.0. The Morgan fingerprint density at radius 2 is 1.96 bits per heavy atom. The fourth-order valence-corrected chi connectivity index (χ4v) is 2.62. The standard InChI is InChI=1S/C20H20N2O2/c1-14-4-3-5-15(2)20(14)24-13-18(23)12-21-11-16-6-7-17-8-9-22-19(17)10-16/h3-11,22H,12-13H2,1-2H3. The van der Waals surface area contributed by atoms with Crippen LogP contribution >= 0.6 is 0 Å². The van der Waals surface area contributed by atoms with E-state index in [1.54, 1.807) is 6.21 Å². The normalized spacial score (nSPS) is 11.2. The lowest BCUT2D eigenvalue weighted by molar-refractivity contribution is -0.119. The Morgan fingerprint density at radius 1 is 1.17 bits per heavy atom. The van der Waals surface area contributed by atoms with E-state index in [0.29, 0.717) is 0 Å². The number of para-hydroxylation sites is 1. The fourth-order valence-electron chi connectivity index (χ4n) is 2.62. The van der Waals surface area contributed by atoms with Crippen molar-refractivity contribution in [1.82, 2.24) is 4.98 Å². The molecule has 0 radical (unpaired) electrons. The largest absolute Gasteiger partial charge is 0.485 e. The number of carbonyl (C=O) groups is 1. The average Bonchev–Trinajstić information content (AvgIpc) is 3.02. The summed E-state index contributed by atoms with van der Waals surface area (Å²) in [5, 5.41) is 1.16.